The van der Waals surface area contributed by atoms with Crippen molar-refractivity contribution in [2.45, 2.75) is 26.9 Å². The Morgan fingerprint density at radius 1 is 1.19 bits per heavy atom. The summed E-state index contributed by atoms with van der Waals surface area (Å²) in [5, 5.41) is 0. The van der Waals surface area contributed by atoms with Crippen LogP contribution in [0, 0.1) is 5.92 Å². The third-order valence-electron chi connectivity index (χ3n) is 2.03. The first-order valence-electron chi connectivity index (χ1n) is 5.33. The highest BCUT2D eigenvalue weighted by atomic mass is 16.5. The second-order valence-electron chi connectivity index (χ2n) is 4.08. The molecule has 0 saturated carbocycles. The molecular formula is C13H16O3. The molecule has 86 valence electrons. The van der Waals surface area contributed by atoms with E-state index in [1.807, 2.05) is 44.2 Å². The molecule has 1 aromatic rings. The number of carbonyl (C=O) groups is 2. The van der Waals surface area contributed by atoms with Gasteiger partial charge < -0.3 is 4.74 Å². The average molecular weight is 220 g/mol. The summed E-state index contributed by atoms with van der Waals surface area (Å²) in [6, 6.07) is 9.30. The van der Waals surface area contributed by atoms with E-state index in [1.54, 1.807) is 0 Å². The van der Waals surface area contributed by atoms with Gasteiger partial charge in [0.1, 0.15) is 6.61 Å². The number of ketones is 1. The highest BCUT2D eigenvalue weighted by molar-refractivity contribution is 6.33. The maximum absolute atomic E-state index is 11.3. The molecule has 0 aliphatic rings. The minimum atomic E-state index is -0.738. The lowest BCUT2D eigenvalue weighted by Gasteiger charge is -2.05. The number of rotatable bonds is 5. The smallest absolute Gasteiger partial charge is 0.374 e. The highest BCUT2D eigenvalue weighted by Crippen LogP contribution is 2.04. The Morgan fingerprint density at radius 2 is 1.81 bits per heavy atom. The fraction of sp³-hybridized carbons (Fsp3) is 0.385. The van der Waals surface area contributed by atoms with E-state index in [0.717, 1.165) is 5.56 Å². The molecular weight excluding hydrogens is 204 g/mol. The summed E-state index contributed by atoms with van der Waals surface area (Å²) in [4.78, 5) is 22.6. The van der Waals surface area contributed by atoms with E-state index in [9.17, 15) is 9.59 Å². The molecule has 0 N–H and O–H groups in total. The van der Waals surface area contributed by atoms with Gasteiger partial charge in [0.15, 0.2) is 0 Å². The fourth-order valence-corrected chi connectivity index (χ4v) is 1.26. The molecule has 0 aliphatic carbocycles. The Hall–Kier alpha value is -1.64. The van der Waals surface area contributed by atoms with Crippen molar-refractivity contribution in [1.29, 1.82) is 0 Å². The minimum Gasteiger partial charge on any atom is -0.455 e. The molecule has 3 heteroatoms. The second-order valence-corrected chi connectivity index (χ2v) is 4.08. The van der Waals surface area contributed by atoms with E-state index in [4.69, 9.17) is 4.74 Å². The van der Waals surface area contributed by atoms with Crippen LogP contribution in [0.1, 0.15) is 25.8 Å². The normalized spacial score (nSPS) is 10.2. The van der Waals surface area contributed by atoms with Crippen molar-refractivity contribution in [1.82, 2.24) is 0 Å². The van der Waals surface area contributed by atoms with Crippen LogP contribution in [-0.4, -0.2) is 11.8 Å². The number of ether oxygens (including phenoxy) is 1. The lowest BCUT2D eigenvalue weighted by atomic mass is 10.1. The summed E-state index contributed by atoms with van der Waals surface area (Å²) in [5.74, 6) is -1.01. The largest absolute Gasteiger partial charge is 0.455 e. The molecule has 0 bridgehead atoms. The third-order valence-corrected chi connectivity index (χ3v) is 2.03. The van der Waals surface area contributed by atoms with Crippen molar-refractivity contribution < 1.29 is 14.3 Å². The van der Waals surface area contributed by atoms with E-state index >= 15 is 0 Å². The van der Waals surface area contributed by atoms with E-state index in [0.29, 0.717) is 0 Å². The van der Waals surface area contributed by atoms with Crippen LogP contribution >= 0.6 is 0 Å². The van der Waals surface area contributed by atoms with Crippen LogP contribution in [0.3, 0.4) is 0 Å². The lowest BCUT2D eigenvalue weighted by molar-refractivity contribution is -0.155. The lowest BCUT2D eigenvalue weighted by Crippen LogP contribution is -2.18. The molecule has 0 saturated heterocycles. The monoisotopic (exact) mass is 220 g/mol. The van der Waals surface area contributed by atoms with Crippen LogP contribution in [-0.2, 0) is 20.9 Å². The Morgan fingerprint density at radius 3 is 2.38 bits per heavy atom. The Balaban J connectivity index is 2.38. The summed E-state index contributed by atoms with van der Waals surface area (Å²) in [6.45, 7) is 3.94. The summed E-state index contributed by atoms with van der Waals surface area (Å²) in [5.41, 5.74) is 0.883. The molecule has 0 unspecified atom stereocenters. The van der Waals surface area contributed by atoms with E-state index in [-0.39, 0.29) is 18.9 Å². The van der Waals surface area contributed by atoms with Crippen molar-refractivity contribution in [2.24, 2.45) is 5.92 Å². The molecule has 0 heterocycles. The molecule has 0 radical (unpaired) electrons. The first-order valence-corrected chi connectivity index (χ1v) is 5.33. The molecule has 0 aliphatic heterocycles. The second kappa shape index (κ2) is 6.05. The molecule has 0 amide bonds. The van der Waals surface area contributed by atoms with Crippen molar-refractivity contribution >= 4 is 11.8 Å². The van der Waals surface area contributed by atoms with E-state index in [2.05, 4.69) is 0 Å². The van der Waals surface area contributed by atoms with Crippen LogP contribution < -0.4 is 0 Å². The highest BCUT2D eigenvalue weighted by Gasteiger charge is 2.16. The van der Waals surface area contributed by atoms with Gasteiger partial charge in [0.2, 0.25) is 5.78 Å². The fourth-order valence-electron chi connectivity index (χ4n) is 1.26. The van der Waals surface area contributed by atoms with Gasteiger partial charge in [-0.1, -0.05) is 44.2 Å². The van der Waals surface area contributed by atoms with Gasteiger partial charge in [-0.15, -0.1) is 0 Å². The molecule has 0 aromatic heterocycles. The summed E-state index contributed by atoms with van der Waals surface area (Å²) >= 11 is 0. The van der Waals surface area contributed by atoms with Crippen molar-refractivity contribution in [3.63, 3.8) is 0 Å². The summed E-state index contributed by atoms with van der Waals surface area (Å²) in [7, 11) is 0. The van der Waals surface area contributed by atoms with Crippen LogP contribution in [0.4, 0.5) is 0 Å². The van der Waals surface area contributed by atoms with Gasteiger partial charge in [-0.2, -0.15) is 0 Å². The third kappa shape index (κ3) is 4.26. The molecule has 0 atom stereocenters. The Kier molecular flexibility index (Phi) is 4.70. The zero-order chi connectivity index (χ0) is 12.0. The number of hydrogen-bond donors (Lipinski definition) is 0. The zero-order valence-electron chi connectivity index (χ0n) is 9.60. The predicted octanol–water partition coefficient (Wildman–Crippen LogP) is 2.35. The van der Waals surface area contributed by atoms with Gasteiger partial charge in [-0.3, -0.25) is 4.79 Å². The molecule has 0 fully saturated rings. The summed E-state index contributed by atoms with van der Waals surface area (Å²) in [6.07, 6.45) is 0.244. The molecule has 3 nitrogen and oxygen atoms in total. The van der Waals surface area contributed by atoms with Crippen molar-refractivity contribution in [3.05, 3.63) is 35.9 Å². The average Bonchev–Trinajstić information content (AvgIpc) is 2.26. The SMILES string of the molecule is CC(C)CC(=O)C(=O)OCc1ccccc1. The predicted molar refractivity (Wildman–Crippen MR) is 60.7 cm³/mol. The van der Waals surface area contributed by atoms with E-state index in [1.165, 1.54) is 0 Å². The van der Waals surface area contributed by atoms with Crippen LogP contribution in [0.15, 0.2) is 30.3 Å². The number of benzene rings is 1. The Labute approximate surface area is 95.4 Å². The first kappa shape index (κ1) is 12.4. The zero-order valence-corrected chi connectivity index (χ0v) is 9.60. The van der Waals surface area contributed by atoms with Crippen LogP contribution in [0.5, 0.6) is 0 Å². The van der Waals surface area contributed by atoms with E-state index < -0.39 is 11.8 Å². The number of carbonyl (C=O) groups excluding carboxylic acids is 2. The van der Waals surface area contributed by atoms with Gasteiger partial charge in [-0.25, -0.2) is 4.79 Å². The van der Waals surface area contributed by atoms with Crippen LogP contribution in [0.25, 0.3) is 0 Å². The maximum atomic E-state index is 11.3. The standard InChI is InChI=1S/C13H16O3/c1-10(2)8-12(14)13(15)16-9-11-6-4-3-5-7-11/h3-7,10H,8-9H2,1-2H3. The topological polar surface area (TPSA) is 43.4 Å². The Bertz CT molecular complexity index is 355. The molecule has 1 aromatic carbocycles. The quantitative estimate of drug-likeness (QED) is 0.565. The maximum Gasteiger partial charge on any atom is 0.374 e. The van der Waals surface area contributed by atoms with Crippen LogP contribution in [0.2, 0.25) is 0 Å². The van der Waals surface area contributed by atoms with Crippen molar-refractivity contribution in [3.8, 4) is 0 Å². The minimum absolute atomic E-state index is 0.156. The number of hydrogen-bond acceptors (Lipinski definition) is 3. The molecule has 16 heavy (non-hydrogen) atoms. The van der Waals surface area contributed by atoms with Gasteiger partial charge in [0.25, 0.3) is 0 Å². The number of esters is 1. The van der Waals surface area contributed by atoms with Gasteiger partial charge in [-0.05, 0) is 11.5 Å². The first-order chi connectivity index (χ1) is 7.59. The molecule has 1 rings (SSSR count). The molecule has 0 spiro atoms. The number of Topliss-reactive ketones (excluding diaryl/α,β-unsaturated/α-hetero) is 1. The van der Waals surface area contributed by atoms with Gasteiger partial charge in [0, 0.05) is 6.42 Å². The summed E-state index contributed by atoms with van der Waals surface area (Å²) < 4.78 is 4.90. The van der Waals surface area contributed by atoms with Gasteiger partial charge in [0.05, 0.1) is 0 Å². The van der Waals surface area contributed by atoms with Gasteiger partial charge >= 0.3 is 5.97 Å². The van der Waals surface area contributed by atoms with Crippen molar-refractivity contribution in [2.75, 3.05) is 0 Å².